The van der Waals surface area contributed by atoms with Gasteiger partial charge in [-0.1, -0.05) is 25.5 Å². The first-order valence-electron chi connectivity index (χ1n) is 6.01. The molecular weight excluding hydrogens is 200 g/mol. The molecule has 0 saturated heterocycles. The van der Waals surface area contributed by atoms with Gasteiger partial charge in [-0.3, -0.25) is 4.79 Å². The molecule has 0 heterocycles. The minimum Gasteiger partial charge on any atom is -0.490 e. The molecule has 1 saturated carbocycles. The molecule has 1 aromatic carbocycles. The molecule has 1 aliphatic carbocycles. The zero-order valence-electron chi connectivity index (χ0n) is 9.69. The van der Waals surface area contributed by atoms with E-state index in [0.29, 0.717) is 17.6 Å². The van der Waals surface area contributed by atoms with E-state index >= 15 is 0 Å². The Morgan fingerprint density at radius 3 is 2.88 bits per heavy atom. The van der Waals surface area contributed by atoms with Crippen molar-refractivity contribution in [1.29, 1.82) is 0 Å². The molecule has 1 fully saturated rings. The van der Waals surface area contributed by atoms with E-state index in [1.807, 2.05) is 18.2 Å². The first kappa shape index (κ1) is 11.2. The van der Waals surface area contributed by atoms with E-state index in [1.54, 1.807) is 6.07 Å². The van der Waals surface area contributed by atoms with Gasteiger partial charge in [0.25, 0.3) is 0 Å². The van der Waals surface area contributed by atoms with Crippen molar-refractivity contribution in [2.75, 3.05) is 0 Å². The van der Waals surface area contributed by atoms with E-state index in [0.717, 1.165) is 18.5 Å². The molecule has 0 bridgehead atoms. The van der Waals surface area contributed by atoms with Gasteiger partial charge in [0, 0.05) is 5.56 Å². The number of hydrogen-bond donors (Lipinski definition) is 0. The molecule has 0 spiro atoms. The van der Waals surface area contributed by atoms with Gasteiger partial charge in [0.2, 0.25) is 0 Å². The minimum atomic E-state index is 0.315. The van der Waals surface area contributed by atoms with Crippen molar-refractivity contribution in [3.05, 3.63) is 29.8 Å². The quantitative estimate of drug-likeness (QED) is 0.726. The first-order valence-corrected chi connectivity index (χ1v) is 6.01. The summed E-state index contributed by atoms with van der Waals surface area (Å²) < 4.78 is 5.95. The fourth-order valence-corrected chi connectivity index (χ4v) is 2.29. The molecule has 2 nitrogen and oxygen atoms in total. The third kappa shape index (κ3) is 2.63. The maximum Gasteiger partial charge on any atom is 0.150 e. The molecular formula is C14H18O2. The van der Waals surface area contributed by atoms with Gasteiger partial charge in [-0.25, -0.2) is 0 Å². The zero-order chi connectivity index (χ0) is 11.4. The Morgan fingerprint density at radius 2 is 2.12 bits per heavy atom. The van der Waals surface area contributed by atoms with Crippen LogP contribution in [0.3, 0.4) is 0 Å². The van der Waals surface area contributed by atoms with E-state index in [1.165, 1.54) is 19.3 Å². The summed E-state index contributed by atoms with van der Waals surface area (Å²) in [7, 11) is 0. The van der Waals surface area contributed by atoms with Crippen LogP contribution in [0.5, 0.6) is 5.75 Å². The highest BCUT2D eigenvalue weighted by Gasteiger charge is 2.22. The lowest BCUT2D eigenvalue weighted by molar-refractivity contribution is 0.102. The van der Waals surface area contributed by atoms with Crippen LogP contribution in [0.1, 0.15) is 43.0 Å². The summed E-state index contributed by atoms with van der Waals surface area (Å²) in [5.41, 5.74) is 0.681. The number of hydrogen-bond acceptors (Lipinski definition) is 2. The average Bonchev–Trinajstić information content (AvgIpc) is 2.32. The Labute approximate surface area is 96.6 Å². The van der Waals surface area contributed by atoms with Gasteiger partial charge in [-0.15, -0.1) is 0 Å². The predicted octanol–water partition coefficient (Wildman–Crippen LogP) is 3.46. The summed E-state index contributed by atoms with van der Waals surface area (Å²) in [4.78, 5) is 10.7. The SMILES string of the molecule is CC1CCCCC1Oc1cccc(C=O)c1. The van der Waals surface area contributed by atoms with E-state index < -0.39 is 0 Å². The van der Waals surface area contributed by atoms with Gasteiger partial charge in [0.15, 0.2) is 0 Å². The largest absolute Gasteiger partial charge is 0.490 e. The maximum absolute atomic E-state index is 10.7. The second-order valence-corrected chi connectivity index (χ2v) is 4.61. The molecule has 16 heavy (non-hydrogen) atoms. The third-order valence-electron chi connectivity index (χ3n) is 3.31. The molecule has 0 N–H and O–H groups in total. The molecule has 1 aliphatic rings. The van der Waals surface area contributed by atoms with Crippen molar-refractivity contribution in [1.82, 2.24) is 0 Å². The molecule has 0 aromatic heterocycles. The lowest BCUT2D eigenvalue weighted by Gasteiger charge is -2.29. The number of carbonyl (C=O) groups is 1. The number of carbonyl (C=O) groups excluding carboxylic acids is 1. The summed E-state index contributed by atoms with van der Waals surface area (Å²) in [6, 6.07) is 7.40. The highest BCUT2D eigenvalue weighted by Crippen LogP contribution is 2.28. The topological polar surface area (TPSA) is 26.3 Å². The minimum absolute atomic E-state index is 0.315. The monoisotopic (exact) mass is 218 g/mol. The van der Waals surface area contributed by atoms with Crippen LogP contribution in [-0.2, 0) is 0 Å². The molecule has 86 valence electrons. The van der Waals surface area contributed by atoms with Crippen molar-refractivity contribution >= 4 is 6.29 Å². The van der Waals surface area contributed by atoms with Crippen LogP contribution < -0.4 is 4.74 Å². The Kier molecular flexibility index (Phi) is 3.60. The highest BCUT2D eigenvalue weighted by molar-refractivity contribution is 5.75. The smallest absolute Gasteiger partial charge is 0.150 e. The summed E-state index contributed by atoms with van der Waals surface area (Å²) in [5, 5.41) is 0. The second-order valence-electron chi connectivity index (χ2n) is 4.61. The molecule has 0 aliphatic heterocycles. The van der Waals surface area contributed by atoms with Gasteiger partial charge in [-0.2, -0.15) is 0 Å². The second kappa shape index (κ2) is 5.15. The predicted molar refractivity (Wildman–Crippen MR) is 63.9 cm³/mol. The van der Waals surface area contributed by atoms with Crippen LogP contribution >= 0.6 is 0 Å². The van der Waals surface area contributed by atoms with Crippen molar-refractivity contribution < 1.29 is 9.53 Å². The van der Waals surface area contributed by atoms with Gasteiger partial charge >= 0.3 is 0 Å². The summed E-state index contributed by atoms with van der Waals surface area (Å²) in [6.07, 6.45) is 6.12. The lowest BCUT2D eigenvalue weighted by atomic mass is 9.88. The third-order valence-corrected chi connectivity index (χ3v) is 3.31. The Balaban J connectivity index is 2.04. The highest BCUT2D eigenvalue weighted by atomic mass is 16.5. The fraction of sp³-hybridized carbons (Fsp3) is 0.500. The van der Waals surface area contributed by atoms with E-state index in [2.05, 4.69) is 6.92 Å². The molecule has 1 aromatic rings. The molecule has 0 amide bonds. The van der Waals surface area contributed by atoms with E-state index in [9.17, 15) is 4.79 Å². The maximum atomic E-state index is 10.7. The van der Waals surface area contributed by atoms with Crippen molar-refractivity contribution in [3.8, 4) is 5.75 Å². The van der Waals surface area contributed by atoms with Gasteiger partial charge in [0.1, 0.15) is 18.1 Å². The zero-order valence-corrected chi connectivity index (χ0v) is 9.69. The molecule has 2 unspecified atom stereocenters. The lowest BCUT2D eigenvalue weighted by Crippen LogP contribution is -2.28. The standard InChI is InChI=1S/C14H18O2/c1-11-5-2-3-8-14(11)16-13-7-4-6-12(9-13)10-15/h4,6-7,9-11,14H,2-3,5,8H2,1H3. The summed E-state index contributed by atoms with van der Waals surface area (Å²) in [6.45, 7) is 2.24. The molecule has 0 radical (unpaired) electrons. The van der Waals surface area contributed by atoms with Crippen LogP contribution in [-0.4, -0.2) is 12.4 Å². The Bertz CT molecular complexity index is 360. The molecule has 2 heteroatoms. The number of ether oxygens (including phenoxy) is 1. The van der Waals surface area contributed by atoms with Crippen LogP contribution in [0.4, 0.5) is 0 Å². The molecule has 2 rings (SSSR count). The van der Waals surface area contributed by atoms with Crippen LogP contribution in [0.25, 0.3) is 0 Å². The summed E-state index contributed by atoms with van der Waals surface area (Å²) >= 11 is 0. The van der Waals surface area contributed by atoms with Crippen molar-refractivity contribution in [2.24, 2.45) is 5.92 Å². The number of rotatable bonds is 3. The number of benzene rings is 1. The van der Waals surface area contributed by atoms with Crippen LogP contribution in [0.2, 0.25) is 0 Å². The van der Waals surface area contributed by atoms with Gasteiger partial charge in [-0.05, 0) is 37.3 Å². The van der Waals surface area contributed by atoms with Crippen LogP contribution in [0, 0.1) is 5.92 Å². The fourth-order valence-electron chi connectivity index (χ4n) is 2.29. The van der Waals surface area contributed by atoms with Crippen LogP contribution in [0.15, 0.2) is 24.3 Å². The summed E-state index contributed by atoms with van der Waals surface area (Å²) in [5.74, 6) is 1.44. The Hall–Kier alpha value is -1.31. The first-order chi connectivity index (χ1) is 7.79. The van der Waals surface area contributed by atoms with Crippen molar-refractivity contribution in [2.45, 2.75) is 38.7 Å². The van der Waals surface area contributed by atoms with Crippen molar-refractivity contribution in [3.63, 3.8) is 0 Å². The van der Waals surface area contributed by atoms with E-state index in [4.69, 9.17) is 4.74 Å². The van der Waals surface area contributed by atoms with E-state index in [-0.39, 0.29) is 0 Å². The Morgan fingerprint density at radius 1 is 1.31 bits per heavy atom. The average molecular weight is 218 g/mol. The van der Waals surface area contributed by atoms with Gasteiger partial charge < -0.3 is 4.74 Å². The van der Waals surface area contributed by atoms with Gasteiger partial charge in [0.05, 0.1) is 0 Å². The number of aldehydes is 1. The molecule has 2 atom stereocenters. The normalized spacial score (nSPS) is 25.1.